The van der Waals surface area contributed by atoms with Crippen LogP contribution in [0.25, 0.3) is 0 Å². The Morgan fingerprint density at radius 1 is 1.89 bits per heavy atom. The SMILES string of the molecule is CCC[C@@H](NF)C(=O)O. The zero-order chi connectivity index (χ0) is 7.28. The quantitative estimate of drug-likeness (QED) is 0.558. The van der Waals surface area contributed by atoms with Crippen molar-refractivity contribution in [1.29, 1.82) is 0 Å². The molecular weight excluding hydrogens is 125 g/mol. The molecule has 0 aromatic rings. The van der Waals surface area contributed by atoms with Gasteiger partial charge in [-0.05, 0) is 6.42 Å². The zero-order valence-corrected chi connectivity index (χ0v) is 5.22. The molecule has 0 unspecified atom stereocenters. The first kappa shape index (κ1) is 8.36. The van der Waals surface area contributed by atoms with Crippen molar-refractivity contribution in [1.82, 2.24) is 5.54 Å². The zero-order valence-electron chi connectivity index (χ0n) is 5.22. The molecule has 4 heteroatoms. The highest BCUT2D eigenvalue weighted by molar-refractivity contribution is 5.73. The smallest absolute Gasteiger partial charge is 0.323 e. The van der Waals surface area contributed by atoms with Gasteiger partial charge in [0.15, 0.2) is 0 Å². The van der Waals surface area contributed by atoms with Gasteiger partial charge in [-0.15, -0.1) is 10.0 Å². The summed E-state index contributed by atoms with van der Waals surface area (Å²) in [4.78, 5) is 10.0. The van der Waals surface area contributed by atoms with E-state index in [-0.39, 0.29) is 0 Å². The lowest BCUT2D eigenvalue weighted by molar-refractivity contribution is -0.141. The average molecular weight is 135 g/mol. The molecule has 0 rings (SSSR count). The van der Waals surface area contributed by atoms with Crippen LogP contribution in [0.3, 0.4) is 0 Å². The molecule has 0 aromatic heterocycles. The highest BCUT2D eigenvalue weighted by Crippen LogP contribution is 1.95. The van der Waals surface area contributed by atoms with E-state index in [1.54, 1.807) is 6.92 Å². The summed E-state index contributed by atoms with van der Waals surface area (Å²) in [6.45, 7) is 1.80. The fourth-order valence-electron chi connectivity index (χ4n) is 0.513. The van der Waals surface area contributed by atoms with Gasteiger partial charge >= 0.3 is 5.97 Å². The molecule has 0 spiro atoms. The third-order valence-corrected chi connectivity index (χ3v) is 1.01. The first-order valence-electron chi connectivity index (χ1n) is 2.81. The summed E-state index contributed by atoms with van der Waals surface area (Å²) in [7, 11) is 0. The van der Waals surface area contributed by atoms with E-state index in [1.165, 1.54) is 5.54 Å². The maximum absolute atomic E-state index is 11.5. The fourth-order valence-corrected chi connectivity index (χ4v) is 0.513. The summed E-state index contributed by atoms with van der Waals surface area (Å²) in [5, 5.41) is 8.20. The number of hydrogen-bond acceptors (Lipinski definition) is 2. The normalized spacial score (nSPS) is 13.1. The van der Waals surface area contributed by atoms with Crippen molar-refractivity contribution in [2.45, 2.75) is 25.8 Å². The van der Waals surface area contributed by atoms with Crippen molar-refractivity contribution in [3.05, 3.63) is 0 Å². The largest absolute Gasteiger partial charge is 0.480 e. The minimum Gasteiger partial charge on any atom is -0.480 e. The van der Waals surface area contributed by atoms with Crippen LogP contribution in [0.1, 0.15) is 19.8 Å². The van der Waals surface area contributed by atoms with Gasteiger partial charge in [0.1, 0.15) is 6.04 Å². The predicted molar refractivity (Wildman–Crippen MR) is 30.6 cm³/mol. The first-order chi connectivity index (χ1) is 4.22. The first-order valence-corrected chi connectivity index (χ1v) is 2.81. The minimum atomic E-state index is -1.14. The summed E-state index contributed by atoms with van der Waals surface area (Å²) in [5.41, 5.74) is 1.20. The van der Waals surface area contributed by atoms with Crippen LogP contribution in [-0.4, -0.2) is 17.1 Å². The molecule has 0 saturated heterocycles. The summed E-state index contributed by atoms with van der Waals surface area (Å²) >= 11 is 0. The van der Waals surface area contributed by atoms with Crippen LogP contribution in [0.2, 0.25) is 0 Å². The number of halogens is 1. The van der Waals surface area contributed by atoms with Crippen molar-refractivity contribution in [2.75, 3.05) is 0 Å². The van der Waals surface area contributed by atoms with Gasteiger partial charge in [0.05, 0.1) is 0 Å². The van der Waals surface area contributed by atoms with Gasteiger partial charge in [-0.1, -0.05) is 13.3 Å². The predicted octanol–water partition coefficient (Wildman–Crippen LogP) is 0.714. The van der Waals surface area contributed by atoms with E-state index in [2.05, 4.69) is 0 Å². The number of carboxylic acid groups (broad SMARTS) is 1. The Balaban J connectivity index is 3.54. The van der Waals surface area contributed by atoms with Crippen LogP contribution >= 0.6 is 0 Å². The molecule has 0 amide bonds. The van der Waals surface area contributed by atoms with Crippen LogP contribution in [0.5, 0.6) is 0 Å². The Morgan fingerprint density at radius 2 is 2.44 bits per heavy atom. The lowest BCUT2D eigenvalue weighted by atomic mass is 10.2. The van der Waals surface area contributed by atoms with Gasteiger partial charge in [0.2, 0.25) is 0 Å². The number of nitrogens with one attached hydrogen (secondary N) is 1. The molecule has 0 aromatic carbocycles. The summed E-state index contributed by atoms with van der Waals surface area (Å²) < 4.78 is 11.5. The summed E-state index contributed by atoms with van der Waals surface area (Å²) in [5.74, 6) is -1.14. The van der Waals surface area contributed by atoms with Crippen molar-refractivity contribution in [2.24, 2.45) is 0 Å². The number of carbonyl (C=O) groups is 1. The molecule has 54 valence electrons. The van der Waals surface area contributed by atoms with Gasteiger partial charge in [0.25, 0.3) is 0 Å². The summed E-state index contributed by atoms with van der Waals surface area (Å²) in [6.07, 6.45) is 0.986. The third-order valence-electron chi connectivity index (χ3n) is 1.01. The molecule has 0 aliphatic carbocycles. The van der Waals surface area contributed by atoms with E-state index in [1.807, 2.05) is 0 Å². The van der Waals surface area contributed by atoms with Crippen molar-refractivity contribution >= 4 is 5.97 Å². The van der Waals surface area contributed by atoms with Crippen molar-refractivity contribution in [3.63, 3.8) is 0 Å². The highest BCUT2D eigenvalue weighted by atomic mass is 19.2. The molecule has 2 N–H and O–H groups in total. The van der Waals surface area contributed by atoms with Gasteiger partial charge in [-0.25, -0.2) is 0 Å². The maximum atomic E-state index is 11.5. The maximum Gasteiger partial charge on any atom is 0.323 e. The second kappa shape index (κ2) is 4.26. The Kier molecular flexibility index (Phi) is 3.96. The van der Waals surface area contributed by atoms with Crippen LogP contribution < -0.4 is 5.54 Å². The van der Waals surface area contributed by atoms with E-state index in [0.717, 1.165) is 0 Å². The Hall–Kier alpha value is -0.640. The second-order valence-corrected chi connectivity index (χ2v) is 1.79. The topological polar surface area (TPSA) is 49.3 Å². The van der Waals surface area contributed by atoms with Gasteiger partial charge in [-0.2, -0.15) is 0 Å². The molecule has 0 fully saturated rings. The molecule has 1 atom stereocenters. The molecule has 0 bridgehead atoms. The third kappa shape index (κ3) is 3.03. The van der Waals surface area contributed by atoms with Crippen LogP contribution in [0, 0.1) is 0 Å². The van der Waals surface area contributed by atoms with E-state index >= 15 is 0 Å². The number of aliphatic carboxylic acids is 1. The van der Waals surface area contributed by atoms with E-state index < -0.39 is 12.0 Å². The molecule has 0 aliphatic heterocycles. The standard InChI is InChI=1S/C5H10FNO2/c1-2-3-4(7-6)5(8)9/h4,7H,2-3H2,1H3,(H,8,9)/t4-/m1/s1. The van der Waals surface area contributed by atoms with Gasteiger partial charge < -0.3 is 5.11 Å². The van der Waals surface area contributed by atoms with Crippen molar-refractivity contribution < 1.29 is 14.4 Å². The molecule has 0 radical (unpaired) electrons. The minimum absolute atomic E-state index is 0.325. The Bertz CT molecular complexity index is 97.0. The highest BCUT2D eigenvalue weighted by Gasteiger charge is 2.14. The van der Waals surface area contributed by atoms with Gasteiger partial charge in [0, 0.05) is 0 Å². The molecular formula is C5H10FNO2. The fraction of sp³-hybridized carbons (Fsp3) is 0.800. The lowest BCUT2D eigenvalue weighted by Crippen LogP contribution is -2.30. The van der Waals surface area contributed by atoms with E-state index in [0.29, 0.717) is 12.8 Å². The molecule has 3 nitrogen and oxygen atoms in total. The van der Waals surface area contributed by atoms with E-state index in [4.69, 9.17) is 5.11 Å². The second-order valence-electron chi connectivity index (χ2n) is 1.79. The lowest BCUT2D eigenvalue weighted by Gasteiger charge is -2.04. The van der Waals surface area contributed by atoms with Crippen LogP contribution in [0.4, 0.5) is 4.48 Å². The Morgan fingerprint density at radius 3 is 2.56 bits per heavy atom. The van der Waals surface area contributed by atoms with E-state index in [9.17, 15) is 9.28 Å². The molecule has 0 aliphatic rings. The molecule has 0 saturated carbocycles. The number of hydrogen-bond donors (Lipinski definition) is 2. The van der Waals surface area contributed by atoms with Crippen molar-refractivity contribution in [3.8, 4) is 0 Å². The average Bonchev–Trinajstić information content (AvgIpc) is 1.82. The summed E-state index contributed by atoms with van der Waals surface area (Å²) in [6, 6.07) is -1.03. The Labute approximate surface area is 52.8 Å². The number of rotatable bonds is 4. The molecule has 9 heavy (non-hydrogen) atoms. The van der Waals surface area contributed by atoms with Crippen LogP contribution in [-0.2, 0) is 4.79 Å². The van der Waals surface area contributed by atoms with Crippen LogP contribution in [0.15, 0.2) is 0 Å². The molecule has 0 heterocycles. The number of carboxylic acids is 1. The van der Waals surface area contributed by atoms with Gasteiger partial charge in [-0.3, -0.25) is 4.79 Å². The monoisotopic (exact) mass is 135 g/mol.